The Kier molecular flexibility index (Phi) is 6.45. The maximum Gasteiger partial charge on any atom is 0.247 e. The number of rotatable bonds is 6. The second-order valence-corrected chi connectivity index (χ2v) is 8.26. The van der Waals surface area contributed by atoms with E-state index in [4.69, 9.17) is 11.6 Å². The highest BCUT2D eigenvalue weighted by molar-refractivity contribution is 7.92. The summed E-state index contributed by atoms with van der Waals surface area (Å²) in [5.74, 6) is -0.756. The summed E-state index contributed by atoms with van der Waals surface area (Å²) in [5.41, 5.74) is 1.28. The number of nitrogens with zero attached hydrogens (tertiary/aromatic N) is 1. The van der Waals surface area contributed by atoms with E-state index < -0.39 is 22.0 Å². The minimum absolute atomic E-state index is 0.238. The maximum atomic E-state index is 12.6. The monoisotopic (exact) mass is 409 g/mol. The minimum Gasteiger partial charge on any atom is -0.326 e. The van der Waals surface area contributed by atoms with Gasteiger partial charge in [-0.2, -0.15) is 0 Å². The number of benzene rings is 2. The summed E-state index contributed by atoms with van der Waals surface area (Å²) in [7, 11) is -3.72. The second kappa shape index (κ2) is 8.41. The molecule has 27 heavy (non-hydrogen) atoms. The van der Waals surface area contributed by atoms with Crippen molar-refractivity contribution in [3.63, 3.8) is 0 Å². The van der Waals surface area contributed by atoms with Crippen molar-refractivity contribution in [3.05, 3.63) is 53.6 Å². The van der Waals surface area contributed by atoms with Crippen molar-refractivity contribution in [2.45, 2.75) is 19.9 Å². The van der Waals surface area contributed by atoms with Crippen LogP contribution in [0.2, 0.25) is 5.02 Å². The van der Waals surface area contributed by atoms with E-state index in [9.17, 15) is 18.0 Å². The lowest BCUT2D eigenvalue weighted by Gasteiger charge is -2.28. The van der Waals surface area contributed by atoms with Gasteiger partial charge in [-0.05, 0) is 49.4 Å². The molecule has 2 N–H and O–H groups in total. The highest BCUT2D eigenvalue weighted by Crippen LogP contribution is 2.24. The van der Waals surface area contributed by atoms with E-state index in [1.807, 2.05) is 0 Å². The van der Waals surface area contributed by atoms with Gasteiger partial charge in [0, 0.05) is 23.3 Å². The van der Waals surface area contributed by atoms with Gasteiger partial charge in [0.05, 0.1) is 11.9 Å². The molecule has 0 radical (unpaired) electrons. The maximum absolute atomic E-state index is 12.6. The van der Waals surface area contributed by atoms with Crippen LogP contribution in [-0.4, -0.2) is 32.5 Å². The molecule has 7 nitrogen and oxygen atoms in total. The van der Waals surface area contributed by atoms with Crippen molar-refractivity contribution in [1.82, 2.24) is 0 Å². The summed E-state index contributed by atoms with van der Waals surface area (Å²) in [6.45, 7) is 2.87. The molecule has 144 valence electrons. The standard InChI is InChI=1S/C18H20ClN3O4S/c1-12(22(27(3,25)26)17-9-7-14(19)8-10-17)18(24)21-16-6-4-5-15(11-16)20-13(2)23/h4-12H,1-3H3,(H,20,23)(H,21,24)/t12-/m1/s1. The van der Waals surface area contributed by atoms with Crippen molar-refractivity contribution >= 4 is 50.5 Å². The Morgan fingerprint density at radius 1 is 1.04 bits per heavy atom. The summed E-state index contributed by atoms with van der Waals surface area (Å²) >= 11 is 5.85. The van der Waals surface area contributed by atoms with Crippen LogP contribution < -0.4 is 14.9 Å². The molecule has 2 aromatic carbocycles. The van der Waals surface area contributed by atoms with Crippen molar-refractivity contribution < 1.29 is 18.0 Å². The zero-order valence-corrected chi connectivity index (χ0v) is 16.6. The van der Waals surface area contributed by atoms with E-state index in [0.29, 0.717) is 22.1 Å². The van der Waals surface area contributed by atoms with Gasteiger partial charge in [0.1, 0.15) is 6.04 Å². The Morgan fingerprint density at radius 2 is 1.59 bits per heavy atom. The summed E-state index contributed by atoms with van der Waals surface area (Å²) in [5, 5.41) is 5.74. The van der Waals surface area contributed by atoms with Crippen LogP contribution in [0.4, 0.5) is 17.1 Å². The number of hydrogen-bond acceptors (Lipinski definition) is 4. The largest absolute Gasteiger partial charge is 0.326 e. The third kappa shape index (κ3) is 5.70. The first-order valence-corrected chi connectivity index (χ1v) is 10.2. The van der Waals surface area contributed by atoms with E-state index in [1.165, 1.54) is 26.0 Å². The molecule has 0 aliphatic heterocycles. The molecule has 0 unspecified atom stereocenters. The minimum atomic E-state index is -3.72. The molecule has 0 fully saturated rings. The third-order valence-electron chi connectivity index (χ3n) is 3.62. The molecule has 2 aromatic rings. The van der Waals surface area contributed by atoms with E-state index in [1.54, 1.807) is 36.4 Å². The van der Waals surface area contributed by atoms with Gasteiger partial charge in [-0.25, -0.2) is 8.42 Å². The SMILES string of the molecule is CC(=O)Nc1cccc(NC(=O)[C@@H](C)N(c2ccc(Cl)cc2)S(C)(=O)=O)c1. The quantitative estimate of drug-likeness (QED) is 0.766. The van der Waals surface area contributed by atoms with Crippen molar-refractivity contribution in [1.29, 1.82) is 0 Å². The highest BCUT2D eigenvalue weighted by atomic mass is 35.5. The van der Waals surface area contributed by atoms with Gasteiger partial charge in [-0.3, -0.25) is 13.9 Å². The summed E-state index contributed by atoms with van der Waals surface area (Å²) < 4.78 is 25.5. The molecule has 0 saturated heterocycles. The lowest BCUT2D eigenvalue weighted by Crippen LogP contribution is -2.45. The predicted octanol–water partition coefficient (Wildman–Crippen LogP) is 3.09. The highest BCUT2D eigenvalue weighted by Gasteiger charge is 2.29. The van der Waals surface area contributed by atoms with Crippen LogP contribution in [0.25, 0.3) is 0 Å². The fraction of sp³-hybridized carbons (Fsp3) is 0.222. The molecule has 2 amide bonds. The Labute approximate surface area is 163 Å². The van der Waals surface area contributed by atoms with Gasteiger partial charge in [-0.1, -0.05) is 17.7 Å². The number of sulfonamides is 1. The van der Waals surface area contributed by atoms with E-state index in [2.05, 4.69) is 10.6 Å². The van der Waals surface area contributed by atoms with E-state index in [-0.39, 0.29) is 5.91 Å². The number of carbonyl (C=O) groups excluding carboxylic acids is 2. The molecule has 0 saturated carbocycles. The fourth-order valence-corrected chi connectivity index (χ4v) is 3.82. The first kappa shape index (κ1) is 20.7. The van der Waals surface area contributed by atoms with Crippen LogP contribution >= 0.6 is 11.6 Å². The van der Waals surface area contributed by atoms with Gasteiger partial charge in [0.25, 0.3) is 0 Å². The van der Waals surface area contributed by atoms with Gasteiger partial charge < -0.3 is 10.6 Å². The first-order valence-electron chi connectivity index (χ1n) is 8.01. The summed E-state index contributed by atoms with van der Waals surface area (Å²) in [4.78, 5) is 23.8. The third-order valence-corrected chi connectivity index (χ3v) is 5.11. The normalized spacial score (nSPS) is 12.1. The molecule has 1 atom stereocenters. The van der Waals surface area contributed by atoms with Crippen LogP contribution in [0.15, 0.2) is 48.5 Å². The molecule has 0 spiro atoms. The summed E-state index contributed by atoms with van der Waals surface area (Å²) in [6.07, 6.45) is 1.03. The van der Waals surface area contributed by atoms with Crippen LogP contribution in [0.3, 0.4) is 0 Å². The predicted molar refractivity (Wildman–Crippen MR) is 108 cm³/mol. The Morgan fingerprint density at radius 3 is 2.11 bits per heavy atom. The van der Waals surface area contributed by atoms with Crippen molar-refractivity contribution in [2.75, 3.05) is 21.2 Å². The van der Waals surface area contributed by atoms with E-state index in [0.717, 1.165) is 10.6 Å². The molecular weight excluding hydrogens is 390 g/mol. The van der Waals surface area contributed by atoms with E-state index >= 15 is 0 Å². The lowest BCUT2D eigenvalue weighted by molar-refractivity contribution is -0.117. The zero-order chi connectivity index (χ0) is 20.2. The van der Waals surface area contributed by atoms with Crippen LogP contribution in [0.5, 0.6) is 0 Å². The topological polar surface area (TPSA) is 95.6 Å². The lowest BCUT2D eigenvalue weighted by atomic mass is 10.2. The van der Waals surface area contributed by atoms with Gasteiger partial charge >= 0.3 is 0 Å². The average Bonchev–Trinajstić information content (AvgIpc) is 2.55. The number of amides is 2. The molecule has 0 aromatic heterocycles. The molecule has 0 aliphatic rings. The van der Waals surface area contributed by atoms with Gasteiger partial charge in [0.15, 0.2) is 0 Å². The smallest absolute Gasteiger partial charge is 0.247 e. The molecule has 0 heterocycles. The fourth-order valence-electron chi connectivity index (χ4n) is 2.52. The molecule has 2 rings (SSSR count). The number of hydrogen-bond donors (Lipinski definition) is 2. The molecular formula is C18H20ClN3O4S. The van der Waals surface area contributed by atoms with Crippen LogP contribution in [0.1, 0.15) is 13.8 Å². The van der Waals surface area contributed by atoms with Crippen LogP contribution in [0, 0.1) is 0 Å². The average molecular weight is 410 g/mol. The second-order valence-electron chi connectivity index (χ2n) is 5.96. The summed E-state index contributed by atoms with van der Waals surface area (Å²) in [6, 6.07) is 11.7. The van der Waals surface area contributed by atoms with Crippen molar-refractivity contribution in [3.8, 4) is 0 Å². The zero-order valence-electron chi connectivity index (χ0n) is 15.1. The first-order chi connectivity index (χ1) is 12.6. The number of nitrogens with one attached hydrogen (secondary N) is 2. The Bertz CT molecular complexity index is 945. The number of halogens is 1. The Hall–Kier alpha value is -2.58. The van der Waals surface area contributed by atoms with Crippen molar-refractivity contribution in [2.24, 2.45) is 0 Å². The number of carbonyl (C=O) groups is 2. The van der Waals surface area contributed by atoms with Crippen LogP contribution in [-0.2, 0) is 19.6 Å². The Balaban J connectivity index is 2.25. The molecule has 0 bridgehead atoms. The van der Waals surface area contributed by atoms with Gasteiger partial charge in [0.2, 0.25) is 21.8 Å². The molecule has 0 aliphatic carbocycles. The molecule has 9 heteroatoms. The van der Waals surface area contributed by atoms with Gasteiger partial charge in [-0.15, -0.1) is 0 Å². The number of anilines is 3.